The van der Waals surface area contributed by atoms with Crippen LogP contribution in [0.1, 0.15) is 25.7 Å². The zero-order valence-electron chi connectivity index (χ0n) is 10.7. The molecule has 0 heterocycles. The molecule has 0 radical (unpaired) electrons. The van der Waals surface area contributed by atoms with Crippen molar-refractivity contribution in [1.29, 1.82) is 0 Å². The molecule has 2 atom stereocenters. The fourth-order valence-electron chi connectivity index (χ4n) is 1.75. The van der Waals surface area contributed by atoms with Crippen LogP contribution >= 0.6 is 11.8 Å². The average molecular weight is 266 g/mol. The van der Waals surface area contributed by atoms with Crippen LogP contribution in [-0.4, -0.2) is 28.2 Å². The largest absolute Gasteiger partial charge is 0.396 e. The second-order valence-corrected chi connectivity index (χ2v) is 5.52. The fourth-order valence-corrected chi connectivity index (χ4v) is 2.76. The van der Waals surface area contributed by atoms with Gasteiger partial charge in [-0.25, -0.2) is 0 Å². The summed E-state index contributed by atoms with van der Waals surface area (Å²) in [5.74, 6) is 0. The van der Waals surface area contributed by atoms with E-state index in [0.717, 1.165) is 30.6 Å². The standard InChI is InChI=1S/C15H22O2S/c1-2-15(14(17)11-7-4-8-12-16)18-13-9-5-3-6-10-13/h2-3,5-6,9-10,14-17H,1,4,7-8,11-12H2/t14-,15+/m1/s1. The van der Waals surface area contributed by atoms with Gasteiger partial charge in [0.2, 0.25) is 0 Å². The predicted molar refractivity (Wildman–Crippen MR) is 77.8 cm³/mol. The molecule has 1 aromatic carbocycles. The molecule has 0 unspecified atom stereocenters. The van der Waals surface area contributed by atoms with Crippen LogP contribution in [0, 0.1) is 0 Å². The van der Waals surface area contributed by atoms with E-state index in [1.54, 1.807) is 11.8 Å². The van der Waals surface area contributed by atoms with Crippen molar-refractivity contribution in [1.82, 2.24) is 0 Å². The monoisotopic (exact) mass is 266 g/mol. The van der Waals surface area contributed by atoms with E-state index >= 15 is 0 Å². The van der Waals surface area contributed by atoms with Crippen LogP contribution in [0.15, 0.2) is 47.9 Å². The van der Waals surface area contributed by atoms with Gasteiger partial charge in [0.15, 0.2) is 0 Å². The van der Waals surface area contributed by atoms with Crippen molar-refractivity contribution < 1.29 is 10.2 Å². The molecule has 1 aromatic rings. The Morgan fingerprint density at radius 1 is 1.17 bits per heavy atom. The number of hydrogen-bond acceptors (Lipinski definition) is 3. The molecule has 100 valence electrons. The number of benzene rings is 1. The molecular formula is C15H22O2S. The lowest BCUT2D eigenvalue weighted by Gasteiger charge is -2.19. The van der Waals surface area contributed by atoms with Crippen LogP contribution in [-0.2, 0) is 0 Å². The summed E-state index contributed by atoms with van der Waals surface area (Å²) in [6, 6.07) is 10.1. The van der Waals surface area contributed by atoms with E-state index in [1.807, 2.05) is 36.4 Å². The maximum atomic E-state index is 10.1. The maximum Gasteiger partial charge on any atom is 0.0697 e. The van der Waals surface area contributed by atoms with E-state index in [0.29, 0.717) is 0 Å². The normalized spacial score (nSPS) is 14.1. The fraction of sp³-hybridized carbons (Fsp3) is 0.467. The highest BCUT2D eigenvalue weighted by Crippen LogP contribution is 2.27. The molecule has 18 heavy (non-hydrogen) atoms. The zero-order chi connectivity index (χ0) is 13.2. The zero-order valence-corrected chi connectivity index (χ0v) is 11.5. The topological polar surface area (TPSA) is 40.5 Å². The maximum absolute atomic E-state index is 10.1. The molecular weight excluding hydrogens is 244 g/mol. The molecule has 0 saturated carbocycles. The van der Waals surface area contributed by atoms with Crippen LogP contribution in [0.4, 0.5) is 0 Å². The summed E-state index contributed by atoms with van der Waals surface area (Å²) >= 11 is 1.64. The Kier molecular flexibility index (Phi) is 7.81. The van der Waals surface area contributed by atoms with Gasteiger partial charge >= 0.3 is 0 Å². The van der Waals surface area contributed by atoms with Crippen molar-refractivity contribution >= 4 is 11.8 Å². The van der Waals surface area contributed by atoms with Gasteiger partial charge in [0, 0.05) is 11.5 Å². The molecule has 0 fully saturated rings. The van der Waals surface area contributed by atoms with Crippen molar-refractivity contribution in [2.45, 2.75) is 41.9 Å². The first-order chi connectivity index (χ1) is 8.77. The van der Waals surface area contributed by atoms with E-state index in [1.165, 1.54) is 0 Å². The highest BCUT2D eigenvalue weighted by molar-refractivity contribution is 8.00. The number of rotatable bonds is 9. The Morgan fingerprint density at radius 2 is 1.89 bits per heavy atom. The highest BCUT2D eigenvalue weighted by atomic mass is 32.2. The summed E-state index contributed by atoms with van der Waals surface area (Å²) < 4.78 is 0. The molecule has 0 aliphatic rings. The van der Waals surface area contributed by atoms with E-state index in [-0.39, 0.29) is 18.0 Å². The van der Waals surface area contributed by atoms with E-state index in [4.69, 9.17) is 5.11 Å². The quantitative estimate of drug-likeness (QED) is 0.409. The number of hydrogen-bond donors (Lipinski definition) is 2. The first-order valence-corrected chi connectivity index (χ1v) is 7.29. The SMILES string of the molecule is C=C[C@H](Sc1ccccc1)[C@H](O)CCCCCO. The van der Waals surface area contributed by atoms with E-state index in [9.17, 15) is 5.11 Å². The lowest BCUT2D eigenvalue weighted by atomic mass is 10.1. The van der Waals surface area contributed by atoms with Gasteiger partial charge in [0.05, 0.1) is 11.4 Å². The molecule has 0 spiro atoms. The summed E-state index contributed by atoms with van der Waals surface area (Å²) in [5, 5.41) is 18.8. The minimum atomic E-state index is -0.369. The van der Waals surface area contributed by atoms with Gasteiger partial charge in [0.25, 0.3) is 0 Å². The van der Waals surface area contributed by atoms with E-state index < -0.39 is 0 Å². The Labute approximate surface area is 114 Å². The second-order valence-electron chi connectivity index (χ2n) is 4.27. The molecule has 2 nitrogen and oxygen atoms in total. The third-order valence-corrected chi connectivity index (χ3v) is 4.11. The van der Waals surface area contributed by atoms with Crippen LogP contribution in [0.5, 0.6) is 0 Å². The van der Waals surface area contributed by atoms with Gasteiger partial charge in [0.1, 0.15) is 0 Å². The minimum absolute atomic E-state index is 0.0292. The van der Waals surface area contributed by atoms with Gasteiger partial charge in [-0.2, -0.15) is 0 Å². The molecule has 3 heteroatoms. The van der Waals surface area contributed by atoms with Crippen molar-refractivity contribution in [3.05, 3.63) is 43.0 Å². The van der Waals surface area contributed by atoms with Crippen LogP contribution in [0.25, 0.3) is 0 Å². The number of unbranched alkanes of at least 4 members (excludes halogenated alkanes) is 2. The summed E-state index contributed by atoms with van der Waals surface area (Å²) in [5.41, 5.74) is 0. The van der Waals surface area contributed by atoms with Gasteiger partial charge < -0.3 is 10.2 Å². The molecule has 0 bridgehead atoms. The molecule has 0 amide bonds. The van der Waals surface area contributed by atoms with Gasteiger partial charge in [-0.1, -0.05) is 37.1 Å². The van der Waals surface area contributed by atoms with Gasteiger partial charge in [-0.05, 0) is 25.0 Å². The second kappa shape index (κ2) is 9.20. The third kappa shape index (κ3) is 5.71. The first-order valence-electron chi connectivity index (χ1n) is 6.41. The molecule has 2 N–H and O–H groups in total. The summed E-state index contributed by atoms with van der Waals surface area (Å²) in [7, 11) is 0. The number of aliphatic hydroxyl groups excluding tert-OH is 2. The summed E-state index contributed by atoms with van der Waals surface area (Å²) in [6.45, 7) is 4.04. The molecule has 0 aliphatic heterocycles. The highest BCUT2D eigenvalue weighted by Gasteiger charge is 2.16. The lowest BCUT2D eigenvalue weighted by molar-refractivity contribution is 0.167. The number of aliphatic hydroxyl groups is 2. The van der Waals surface area contributed by atoms with Crippen LogP contribution in [0.3, 0.4) is 0 Å². The predicted octanol–water partition coefficient (Wildman–Crippen LogP) is 3.25. The smallest absolute Gasteiger partial charge is 0.0697 e. The molecule has 0 saturated heterocycles. The van der Waals surface area contributed by atoms with Crippen LogP contribution in [0.2, 0.25) is 0 Å². The first kappa shape index (κ1) is 15.3. The summed E-state index contributed by atoms with van der Waals surface area (Å²) in [4.78, 5) is 1.15. The summed E-state index contributed by atoms with van der Waals surface area (Å²) in [6.07, 6.45) is 4.93. The minimum Gasteiger partial charge on any atom is -0.396 e. The molecule has 0 aromatic heterocycles. The Bertz CT molecular complexity index is 327. The average Bonchev–Trinajstić information content (AvgIpc) is 2.42. The van der Waals surface area contributed by atoms with Crippen molar-refractivity contribution in [2.24, 2.45) is 0 Å². The lowest BCUT2D eigenvalue weighted by Crippen LogP contribution is -2.20. The molecule has 1 rings (SSSR count). The van der Waals surface area contributed by atoms with Gasteiger partial charge in [-0.3, -0.25) is 0 Å². The van der Waals surface area contributed by atoms with Crippen molar-refractivity contribution in [3.63, 3.8) is 0 Å². The number of thioether (sulfide) groups is 1. The molecule has 0 aliphatic carbocycles. The Balaban J connectivity index is 2.38. The Morgan fingerprint density at radius 3 is 2.50 bits per heavy atom. The van der Waals surface area contributed by atoms with E-state index in [2.05, 4.69) is 6.58 Å². The van der Waals surface area contributed by atoms with Crippen molar-refractivity contribution in [3.8, 4) is 0 Å². The van der Waals surface area contributed by atoms with Crippen molar-refractivity contribution in [2.75, 3.05) is 6.61 Å². The van der Waals surface area contributed by atoms with Crippen LogP contribution < -0.4 is 0 Å². The third-order valence-electron chi connectivity index (χ3n) is 2.78. The Hall–Kier alpha value is -0.770. The van der Waals surface area contributed by atoms with Gasteiger partial charge in [-0.15, -0.1) is 18.3 Å².